The highest BCUT2D eigenvalue weighted by Gasteiger charge is 2.46. The summed E-state index contributed by atoms with van der Waals surface area (Å²) in [5.41, 5.74) is 6.18. The predicted octanol–water partition coefficient (Wildman–Crippen LogP) is 2.77. The van der Waals surface area contributed by atoms with E-state index in [0.29, 0.717) is 6.04 Å². The van der Waals surface area contributed by atoms with E-state index in [1.54, 1.807) is 0 Å². The van der Waals surface area contributed by atoms with Crippen molar-refractivity contribution < 1.29 is 0 Å². The molecule has 5 unspecified atom stereocenters. The van der Waals surface area contributed by atoms with Gasteiger partial charge in [-0.3, -0.25) is 4.90 Å². The summed E-state index contributed by atoms with van der Waals surface area (Å²) in [6.45, 7) is 4.87. The van der Waals surface area contributed by atoms with Crippen LogP contribution in [-0.2, 0) is 0 Å². The van der Waals surface area contributed by atoms with Gasteiger partial charge in [0.1, 0.15) is 0 Å². The van der Waals surface area contributed by atoms with E-state index >= 15 is 0 Å². The Bertz CT molecular complexity index is 264. The fourth-order valence-corrected chi connectivity index (χ4v) is 5.02. The van der Waals surface area contributed by atoms with Crippen molar-refractivity contribution in [3.63, 3.8) is 0 Å². The molecule has 3 aliphatic rings. The fraction of sp³-hybridized carbons (Fsp3) is 1.00. The van der Waals surface area contributed by atoms with Crippen LogP contribution < -0.4 is 5.73 Å². The van der Waals surface area contributed by atoms with Gasteiger partial charge >= 0.3 is 0 Å². The first-order valence-electron chi connectivity index (χ1n) is 7.73. The lowest BCUT2D eigenvalue weighted by Gasteiger charge is -2.43. The molecule has 2 heterocycles. The van der Waals surface area contributed by atoms with Gasteiger partial charge in [0, 0.05) is 24.2 Å². The van der Waals surface area contributed by atoms with Crippen LogP contribution in [0, 0.1) is 11.8 Å². The first-order valence-corrected chi connectivity index (χ1v) is 7.73. The van der Waals surface area contributed by atoms with Crippen molar-refractivity contribution in [1.29, 1.82) is 0 Å². The molecule has 17 heavy (non-hydrogen) atoms. The monoisotopic (exact) mass is 236 g/mol. The average Bonchev–Trinajstić information content (AvgIpc) is 2.77. The minimum Gasteiger partial charge on any atom is -0.328 e. The van der Waals surface area contributed by atoms with E-state index in [2.05, 4.69) is 18.7 Å². The molecule has 0 spiro atoms. The molecule has 0 amide bonds. The Morgan fingerprint density at radius 3 is 2.24 bits per heavy atom. The highest BCUT2D eigenvalue weighted by Crippen LogP contribution is 2.44. The quantitative estimate of drug-likeness (QED) is 0.799. The van der Waals surface area contributed by atoms with Crippen LogP contribution in [0.5, 0.6) is 0 Å². The van der Waals surface area contributed by atoms with Gasteiger partial charge in [0.2, 0.25) is 0 Å². The van der Waals surface area contributed by atoms with Gasteiger partial charge in [0.15, 0.2) is 0 Å². The molecule has 2 N–H and O–H groups in total. The van der Waals surface area contributed by atoms with E-state index in [1.807, 2.05) is 0 Å². The Kier molecular flexibility index (Phi) is 3.20. The lowest BCUT2D eigenvalue weighted by atomic mass is 9.89. The first-order chi connectivity index (χ1) is 8.20. The number of piperidine rings is 1. The zero-order chi connectivity index (χ0) is 12.0. The molecule has 2 aliphatic heterocycles. The molecule has 1 saturated carbocycles. The Balaban J connectivity index is 1.73. The van der Waals surface area contributed by atoms with Crippen molar-refractivity contribution in [3.05, 3.63) is 0 Å². The van der Waals surface area contributed by atoms with Gasteiger partial charge in [-0.15, -0.1) is 0 Å². The van der Waals surface area contributed by atoms with Crippen LogP contribution in [0.1, 0.15) is 58.8 Å². The van der Waals surface area contributed by atoms with E-state index in [9.17, 15) is 0 Å². The number of rotatable bonds is 2. The van der Waals surface area contributed by atoms with E-state index in [4.69, 9.17) is 5.73 Å². The van der Waals surface area contributed by atoms with Gasteiger partial charge in [-0.25, -0.2) is 0 Å². The van der Waals surface area contributed by atoms with Gasteiger partial charge in [0.05, 0.1) is 0 Å². The molecular formula is C15H28N2. The van der Waals surface area contributed by atoms with Crippen molar-refractivity contribution in [2.45, 2.75) is 83.0 Å². The third-order valence-corrected chi connectivity index (χ3v) is 5.92. The van der Waals surface area contributed by atoms with Gasteiger partial charge in [-0.1, -0.05) is 20.3 Å². The Morgan fingerprint density at radius 2 is 1.71 bits per heavy atom. The average molecular weight is 236 g/mol. The summed E-state index contributed by atoms with van der Waals surface area (Å²) >= 11 is 0. The van der Waals surface area contributed by atoms with Crippen LogP contribution in [0.3, 0.4) is 0 Å². The molecule has 0 radical (unpaired) electrons. The lowest BCUT2D eigenvalue weighted by molar-refractivity contribution is 0.0558. The molecule has 0 aromatic carbocycles. The molecule has 2 bridgehead atoms. The zero-order valence-corrected chi connectivity index (χ0v) is 11.4. The van der Waals surface area contributed by atoms with Crippen LogP contribution >= 0.6 is 0 Å². The van der Waals surface area contributed by atoms with Crippen LogP contribution in [0.25, 0.3) is 0 Å². The highest BCUT2D eigenvalue weighted by atomic mass is 15.3. The SMILES string of the molecule is CCC1CCC(N2C3CCC2CC(N)C3)C1C. The second-order valence-electron chi connectivity index (χ2n) is 6.74. The highest BCUT2D eigenvalue weighted by molar-refractivity contribution is 5.02. The van der Waals surface area contributed by atoms with Crippen LogP contribution in [0.15, 0.2) is 0 Å². The first kappa shape index (κ1) is 12.0. The maximum Gasteiger partial charge on any atom is 0.0129 e. The Morgan fingerprint density at radius 1 is 1.06 bits per heavy atom. The second kappa shape index (κ2) is 4.55. The molecule has 2 heteroatoms. The summed E-state index contributed by atoms with van der Waals surface area (Å²) in [6.07, 6.45) is 9.64. The maximum absolute atomic E-state index is 6.18. The fourth-order valence-electron chi connectivity index (χ4n) is 5.02. The Hall–Kier alpha value is -0.0800. The third-order valence-electron chi connectivity index (χ3n) is 5.92. The Labute approximate surface area is 106 Å². The summed E-state index contributed by atoms with van der Waals surface area (Å²) in [7, 11) is 0. The largest absolute Gasteiger partial charge is 0.328 e. The molecule has 0 aromatic rings. The van der Waals surface area contributed by atoms with Crippen molar-refractivity contribution in [2.75, 3.05) is 0 Å². The van der Waals surface area contributed by atoms with Crippen molar-refractivity contribution in [2.24, 2.45) is 17.6 Å². The molecule has 2 saturated heterocycles. The van der Waals surface area contributed by atoms with E-state index < -0.39 is 0 Å². The van der Waals surface area contributed by atoms with Gasteiger partial charge < -0.3 is 5.73 Å². The maximum atomic E-state index is 6.18. The summed E-state index contributed by atoms with van der Waals surface area (Å²) < 4.78 is 0. The molecule has 98 valence electrons. The lowest BCUT2D eigenvalue weighted by Crippen LogP contribution is -2.53. The predicted molar refractivity (Wildman–Crippen MR) is 71.8 cm³/mol. The van der Waals surface area contributed by atoms with Gasteiger partial charge in [-0.05, 0) is 50.4 Å². The second-order valence-corrected chi connectivity index (χ2v) is 6.74. The third kappa shape index (κ3) is 1.94. The summed E-state index contributed by atoms with van der Waals surface area (Å²) in [6, 6.07) is 3.02. The topological polar surface area (TPSA) is 29.3 Å². The van der Waals surface area contributed by atoms with E-state index in [1.165, 1.54) is 44.9 Å². The van der Waals surface area contributed by atoms with Crippen LogP contribution in [-0.4, -0.2) is 29.1 Å². The normalized spacial score (nSPS) is 51.0. The minimum absolute atomic E-state index is 0.488. The summed E-state index contributed by atoms with van der Waals surface area (Å²) in [5.74, 6) is 1.90. The molecule has 5 atom stereocenters. The number of hydrogen-bond donors (Lipinski definition) is 1. The zero-order valence-electron chi connectivity index (χ0n) is 11.4. The standard InChI is InChI=1S/C15H28N2/c1-3-11-4-7-15(10(11)2)17-13-5-6-14(17)9-12(16)8-13/h10-15H,3-9,16H2,1-2H3. The minimum atomic E-state index is 0.488. The van der Waals surface area contributed by atoms with Crippen LogP contribution in [0.2, 0.25) is 0 Å². The molecule has 3 fully saturated rings. The molecular weight excluding hydrogens is 208 g/mol. The van der Waals surface area contributed by atoms with Gasteiger partial charge in [0.25, 0.3) is 0 Å². The molecule has 0 aromatic heterocycles. The van der Waals surface area contributed by atoms with Gasteiger partial charge in [-0.2, -0.15) is 0 Å². The number of fused-ring (bicyclic) bond motifs is 2. The number of nitrogens with two attached hydrogens (primary N) is 1. The van der Waals surface area contributed by atoms with E-state index in [-0.39, 0.29) is 0 Å². The summed E-state index contributed by atoms with van der Waals surface area (Å²) in [5, 5.41) is 0. The molecule has 3 rings (SSSR count). The van der Waals surface area contributed by atoms with Crippen molar-refractivity contribution >= 4 is 0 Å². The number of nitrogens with zero attached hydrogens (tertiary/aromatic N) is 1. The molecule has 2 nitrogen and oxygen atoms in total. The summed E-state index contributed by atoms with van der Waals surface area (Å²) in [4.78, 5) is 2.91. The van der Waals surface area contributed by atoms with Crippen LogP contribution in [0.4, 0.5) is 0 Å². The van der Waals surface area contributed by atoms with Crippen molar-refractivity contribution in [3.8, 4) is 0 Å². The molecule has 1 aliphatic carbocycles. The van der Waals surface area contributed by atoms with Crippen molar-refractivity contribution in [1.82, 2.24) is 4.90 Å². The van der Waals surface area contributed by atoms with E-state index in [0.717, 1.165) is 30.0 Å². The number of hydrogen-bond acceptors (Lipinski definition) is 2. The smallest absolute Gasteiger partial charge is 0.0129 e.